The standard InChI is InChI=1S/C9H12BrN3O/c1-6-7(2-3-14-6)13-9-4-8(10)11-5-12-9/h4-7H,2-3H2,1H3,(H,11,12,13). The highest BCUT2D eigenvalue weighted by molar-refractivity contribution is 9.10. The SMILES string of the molecule is CC1OCCC1Nc1cc(Br)ncn1. The number of halogens is 1. The van der Waals surface area contributed by atoms with Gasteiger partial charge >= 0.3 is 0 Å². The largest absolute Gasteiger partial charge is 0.376 e. The summed E-state index contributed by atoms with van der Waals surface area (Å²) in [6.45, 7) is 2.89. The lowest BCUT2D eigenvalue weighted by Crippen LogP contribution is -2.27. The van der Waals surface area contributed by atoms with Gasteiger partial charge in [0.25, 0.3) is 0 Å². The van der Waals surface area contributed by atoms with Crippen LogP contribution in [0.2, 0.25) is 0 Å². The van der Waals surface area contributed by atoms with E-state index in [0.29, 0.717) is 6.04 Å². The molecule has 1 aromatic rings. The van der Waals surface area contributed by atoms with Crippen molar-refractivity contribution in [1.29, 1.82) is 0 Å². The zero-order chi connectivity index (χ0) is 9.97. The molecule has 1 aliphatic heterocycles. The van der Waals surface area contributed by atoms with Gasteiger partial charge in [-0.3, -0.25) is 0 Å². The second kappa shape index (κ2) is 4.23. The third-order valence-corrected chi connectivity index (χ3v) is 2.78. The van der Waals surface area contributed by atoms with Gasteiger partial charge in [0.1, 0.15) is 16.7 Å². The van der Waals surface area contributed by atoms with E-state index in [2.05, 4.69) is 38.1 Å². The number of aromatic nitrogens is 2. The molecule has 76 valence electrons. The Morgan fingerprint density at radius 1 is 1.57 bits per heavy atom. The van der Waals surface area contributed by atoms with Gasteiger partial charge in [0, 0.05) is 12.7 Å². The summed E-state index contributed by atoms with van der Waals surface area (Å²) in [6, 6.07) is 2.22. The summed E-state index contributed by atoms with van der Waals surface area (Å²) in [6.07, 6.45) is 2.82. The Morgan fingerprint density at radius 3 is 3.07 bits per heavy atom. The molecule has 5 heteroatoms. The average molecular weight is 258 g/mol. The fourth-order valence-corrected chi connectivity index (χ4v) is 1.83. The molecular formula is C9H12BrN3O. The predicted octanol–water partition coefficient (Wildman–Crippen LogP) is 1.83. The van der Waals surface area contributed by atoms with Gasteiger partial charge in [-0.1, -0.05) is 0 Å². The Morgan fingerprint density at radius 2 is 2.43 bits per heavy atom. The Bertz CT molecular complexity index is 321. The summed E-state index contributed by atoms with van der Waals surface area (Å²) in [4.78, 5) is 8.10. The molecule has 0 bridgehead atoms. The summed E-state index contributed by atoms with van der Waals surface area (Å²) in [5, 5.41) is 3.33. The first-order valence-corrected chi connectivity index (χ1v) is 5.40. The van der Waals surface area contributed by atoms with Gasteiger partial charge in [-0.15, -0.1) is 0 Å². The Balaban J connectivity index is 2.03. The quantitative estimate of drug-likeness (QED) is 0.822. The molecule has 0 saturated carbocycles. The van der Waals surface area contributed by atoms with Crippen LogP contribution in [0.5, 0.6) is 0 Å². The minimum atomic E-state index is 0.253. The predicted molar refractivity (Wildman–Crippen MR) is 57.2 cm³/mol. The van der Waals surface area contributed by atoms with E-state index in [0.717, 1.165) is 23.4 Å². The summed E-state index contributed by atoms with van der Waals surface area (Å²) >= 11 is 3.30. The van der Waals surface area contributed by atoms with E-state index in [1.54, 1.807) is 0 Å². The molecule has 2 unspecified atom stereocenters. The minimum absolute atomic E-state index is 0.253. The first-order chi connectivity index (χ1) is 6.75. The Hall–Kier alpha value is -0.680. The number of ether oxygens (including phenoxy) is 1. The van der Waals surface area contributed by atoms with E-state index in [4.69, 9.17) is 4.74 Å². The molecule has 2 heterocycles. The third kappa shape index (κ3) is 2.22. The normalized spacial score (nSPS) is 26.4. The van der Waals surface area contributed by atoms with E-state index < -0.39 is 0 Å². The van der Waals surface area contributed by atoms with E-state index in [1.165, 1.54) is 6.33 Å². The lowest BCUT2D eigenvalue weighted by Gasteiger charge is -2.16. The lowest BCUT2D eigenvalue weighted by molar-refractivity contribution is 0.121. The third-order valence-electron chi connectivity index (χ3n) is 2.34. The molecule has 0 aliphatic carbocycles. The van der Waals surface area contributed by atoms with Crippen molar-refractivity contribution >= 4 is 21.7 Å². The molecule has 4 nitrogen and oxygen atoms in total. The van der Waals surface area contributed by atoms with Crippen molar-refractivity contribution in [2.24, 2.45) is 0 Å². The van der Waals surface area contributed by atoms with Gasteiger partial charge in [0.15, 0.2) is 0 Å². The van der Waals surface area contributed by atoms with Crippen molar-refractivity contribution in [2.45, 2.75) is 25.5 Å². The molecule has 0 spiro atoms. The fraction of sp³-hybridized carbons (Fsp3) is 0.556. The minimum Gasteiger partial charge on any atom is -0.376 e. The van der Waals surface area contributed by atoms with Crippen LogP contribution in [0, 0.1) is 0 Å². The van der Waals surface area contributed by atoms with Crippen LogP contribution in [-0.4, -0.2) is 28.7 Å². The Kier molecular flexibility index (Phi) is 2.98. The number of nitrogens with zero attached hydrogens (tertiary/aromatic N) is 2. The van der Waals surface area contributed by atoms with E-state index in [1.807, 2.05) is 6.07 Å². The molecule has 2 rings (SSSR count). The molecule has 1 aliphatic rings. The van der Waals surface area contributed by atoms with Crippen LogP contribution in [0.4, 0.5) is 5.82 Å². The number of nitrogens with one attached hydrogen (secondary N) is 1. The summed E-state index contributed by atoms with van der Waals surface area (Å²) < 4.78 is 6.24. The molecule has 1 N–H and O–H groups in total. The van der Waals surface area contributed by atoms with Gasteiger partial charge in [-0.05, 0) is 29.3 Å². The molecule has 2 atom stereocenters. The molecule has 1 fully saturated rings. The van der Waals surface area contributed by atoms with Gasteiger partial charge in [0.05, 0.1) is 12.1 Å². The second-order valence-corrected chi connectivity index (χ2v) is 4.15. The van der Waals surface area contributed by atoms with Crippen molar-refractivity contribution in [1.82, 2.24) is 9.97 Å². The molecule has 1 aromatic heterocycles. The molecule has 0 radical (unpaired) electrons. The van der Waals surface area contributed by atoms with Gasteiger partial charge in [-0.25, -0.2) is 9.97 Å². The maximum absolute atomic E-state index is 5.45. The zero-order valence-corrected chi connectivity index (χ0v) is 9.49. The van der Waals surface area contributed by atoms with Crippen LogP contribution < -0.4 is 5.32 Å². The first kappa shape index (κ1) is 9.86. The van der Waals surface area contributed by atoms with Gasteiger partial charge in [-0.2, -0.15) is 0 Å². The molecule has 0 aromatic carbocycles. The van der Waals surface area contributed by atoms with Crippen LogP contribution in [-0.2, 0) is 4.74 Å². The van der Waals surface area contributed by atoms with Crippen molar-refractivity contribution in [3.8, 4) is 0 Å². The second-order valence-electron chi connectivity index (χ2n) is 3.34. The summed E-state index contributed by atoms with van der Waals surface area (Å²) in [5.74, 6) is 0.842. The topological polar surface area (TPSA) is 47.0 Å². The van der Waals surface area contributed by atoms with Gasteiger partial charge < -0.3 is 10.1 Å². The number of rotatable bonds is 2. The lowest BCUT2D eigenvalue weighted by atomic mass is 10.1. The van der Waals surface area contributed by atoms with Gasteiger partial charge in [0.2, 0.25) is 0 Å². The highest BCUT2D eigenvalue weighted by Gasteiger charge is 2.24. The van der Waals surface area contributed by atoms with Crippen LogP contribution in [0.1, 0.15) is 13.3 Å². The number of anilines is 1. The van der Waals surface area contributed by atoms with Crippen molar-refractivity contribution in [3.05, 3.63) is 17.0 Å². The molecule has 14 heavy (non-hydrogen) atoms. The summed E-state index contributed by atoms with van der Waals surface area (Å²) in [7, 11) is 0. The van der Waals surface area contributed by atoms with Crippen LogP contribution in [0.3, 0.4) is 0 Å². The van der Waals surface area contributed by atoms with E-state index >= 15 is 0 Å². The van der Waals surface area contributed by atoms with E-state index in [9.17, 15) is 0 Å². The van der Waals surface area contributed by atoms with Crippen LogP contribution in [0.15, 0.2) is 17.0 Å². The smallest absolute Gasteiger partial charge is 0.130 e. The summed E-state index contributed by atoms with van der Waals surface area (Å²) in [5.41, 5.74) is 0. The first-order valence-electron chi connectivity index (χ1n) is 4.61. The molecule has 0 amide bonds. The fourth-order valence-electron chi connectivity index (χ4n) is 1.52. The van der Waals surface area contributed by atoms with Crippen molar-refractivity contribution < 1.29 is 4.74 Å². The number of hydrogen-bond donors (Lipinski definition) is 1. The van der Waals surface area contributed by atoms with Crippen LogP contribution in [0.25, 0.3) is 0 Å². The van der Waals surface area contributed by atoms with Crippen LogP contribution >= 0.6 is 15.9 Å². The molecular weight excluding hydrogens is 246 g/mol. The maximum Gasteiger partial charge on any atom is 0.130 e. The zero-order valence-electron chi connectivity index (χ0n) is 7.90. The maximum atomic E-state index is 5.45. The van der Waals surface area contributed by atoms with Crippen molar-refractivity contribution in [2.75, 3.05) is 11.9 Å². The Labute approximate surface area is 91.2 Å². The highest BCUT2D eigenvalue weighted by atomic mass is 79.9. The monoisotopic (exact) mass is 257 g/mol. The highest BCUT2D eigenvalue weighted by Crippen LogP contribution is 2.18. The number of hydrogen-bond acceptors (Lipinski definition) is 4. The van der Waals surface area contributed by atoms with E-state index in [-0.39, 0.29) is 6.10 Å². The average Bonchev–Trinajstić information content (AvgIpc) is 2.52. The molecule has 1 saturated heterocycles. The van der Waals surface area contributed by atoms with Crippen molar-refractivity contribution in [3.63, 3.8) is 0 Å².